The Morgan fingerprint density at radius 3 is 2.46 bits per heavy atom. The molecule has 2 aliphatic rings. The van der Waals surface area contributed by atoms with Gasteiger partial charge in [-0.05, 0) is 57.9 Å². The topological polar surface area (TPSA) is 0 Å². The molecule has 3 aromatic carbocycles. The number of fused-ring (bicyclic) bond motifs is 2. The van der Waals surface area contributed by atoms with Crippen LogP contribution in [0.3, 0.4) is 0 Å². The van der Waals surface area contributed by atoms with Crippen LogP contribution in [0, 0.1) is 5.92 Å². The van der Waals surface area contributed by atoms with Gasteiger partial charge in [0.1, 0.15) is 0 Å². The Bertz CT molecular complexity index is 961. The Balaban J connectivity index is 0.00000168. The van der Waals surface area contributed by atoms with Crippen molar-refractivity contribution in [3.8, 4) is 11.1 Å². The standard InChI is InChI=1S/C25H24.Zr/c1-2-7-18(6-1)14-19-15-22-10-5-11-24(25(22)16-19)23-13-12-20-8-3-4-9-21(20)17-23;/h3-5,8-13,16-18H,1-2,6-7,14-15H2;. The minimum absolute atomic E-state index is 0. The van der Waals surface area contributed by atoms with Crippen molar-refractivity contribution in [2.24, 2.45) is 5.92 Å². The number of benzene rings is 3. The second-order valence-electron chi connectivity index (χ2n) is 7.77. The summed E-state index contributed by atoms with van der Waals surface area (Å²) in [5.74, 6) is 0.935. The molecule has 0 atom stereocenters. The molecule has 0 aliphatic heterocycles. The molecule has 0 saturated heterocycles. The van der Waals surface area contributed by atoms with Gasteiger partial charge in [-0.15, -0.1) is 0 Å². The summed E-state index contributed by atoms with van der Waals surface area (Å²) in [4.78, 5) is 0. The van der Waals surface area contributed by atoms with Gasteiger partial charge >= 0.3 is 0 Å². The van der Waals surface area contributed by atoms with Crippen LogP contribution < -0.4 is 0 Å². The van der Waals surface area contributed by atoms with E-state index in [1.54, 1.807) is 5.57 Å². The summed E-state index contributed by atoms with van der Waals surface area (Å²) in [5, 5.41) is 2.64. The van der Waals surface area contributed by atoms with Crippen LogP contribution in [-0.4, -0.2) is 0 Å². The molecule has 0 spiro atoms. The molecule has 0 bridgehead atoms. The zero-order valence-electron chi connectivity index (χ0n) is 15.2. The third-order valence-corrected chi connectivity index (χ3v) is 6.05. The van der Waals surface area contributed by atoms with Crippen LogP contribution in [0.15, 0.2) is 66.2 Å². The number of hydrogen-bond acceptors (Lipinski definition) is 0. The van der Waals surface area contributed by atoms with Gasteiger partial charge in [0.25, 0.3) is 0 Å². The van der Waals surface area contributed by atoms with Gasteiger partial charge in [0.2, 0.25) is 0 Å². The van der Waals surface area contributed by atoms with E-state index in [0.717, 1.165) is 12.3 Å². The fourth-order valence-electron chi connectivity index (χ4n) is 4.76. The number of rotatable bonds is 3. The predicted molar refractivity (Wildman–Crippen MR) is 108 cm³/mol. The van der Waals surface area contributed by atoms with Crippen molar-refractivity contribution in [3.63, 3.8) is 0 Å². The summed E-state index contributed by atoms with van der Waals surface area (Å²) in [7, 11) is 0. The Hall–Kier alpha value is -1.46. The Morgan fingerprint density at radius 1 is 0.808 bits per heavy atom. The Kier molecular flexibility index (Phi) is 5.28. The summed E-state index contributed by atoms with van der Waals surface area (Å²) in [6.45, 7) is 0. The van der Waals surface area contributed by atoms with E-state index in [1.165, 1.54) is 65.1 Å². The Labute approximate surface area is 175 Å². The SMILES string of the molecule is C1=C(CC2CCCC2)Cc2cccc(-c3ccc4ccccc4c3)c21.[Zr]. The largest absolute Gasteiger partial charge is 0.0649 e. The summed E-state index contributed by atoms with van der Waals surface area (Å²) < 4.78 is 0. The summed E-state index contributed by atoms with van der Waals surface area (Å²) >= 11 is 0. The average Bonchev–Trinajstić information content (AvgIpc) is 3.30. The quantitative estimate of drug-likeness (QED) is 0.431. The minimum Gasteiger partial charge on any atom is -0.0649 e. The van der Waals surface area contributed by atoms with E-state index in [2.05, 4.69) is 66.7 Å². The minimum atomic E-state index is 0. The maximum absolute atomic E-state index is 2.50. The molecule has 5 rings (SSSR count). The van der Waals surface area contributed by atoms with Gasteiger partial charge < -0.3 is 0 Å². The van der Waals surface area contributed by atoms with Gasteiger partial charge in [-0.3, -0.25) is 0 Å². The van der Waals surface area contributed by atoms with E-state index in [1.807, 2.05) is 0 Å². The van der Waals surface area contributed by atoms with E-state index >= 15 is 0 Å². The van der Waals surface area contributed by atoms with Crippen LogP contribution >= 0.6 is 0 Å². The van der Waals surface area contributed by atoms with Crippen molar-refractivity contribution in [3.05, 3.63) is 77.4 Å². The van der Waals surface area contributed by atoms with Crippen molar-refractivity contribution in [1.29, 1.82) is 0 Å². The van der Waals surface area contributed by atoms with E-state index in [9.17, 15) is 0 Å². The molecule has 0 nitrogen and oxygen atoms in total. The summed E-state index contributed by atoms with van der Waals surface area (Å²) in [6.07, 6.45) is 10.7. The van der Waals surface area contributed by atoms with Crippen molar-refractivity contribution in [2.75, 3.05) is 0 Å². The molecule has 1 fully saturated rings. The fraction of sp³-hybridized carbons (Fsp3) is 0.280. The third kappa shape index (κ3) is 3.39. The van der Waals surface area contributed by atoms with Crippen LogP contribution in [0.4, 0.5) is 0 Å². The van der Waals surface area contributed by atoms with Crippen LogP contribution in [-0.2, 0) is 32.6 Å². The van der Waals surface area contributed by atoms with Crippen LogP contribution in [0.1, 0.15) is 43.2 Å². The third-order valence-electron chi connectivity index (χ3n) is 6.05. The molecule has 0 N–H and O–H groups in total. The second kappa shape index (κ2) is 7.65. The molecule has 3 aromatic rings. The maximum Gasteiger partial charge on any atom is 0 e. The zero-order valence-corrected chi connectivity index (χ0v) is 17.6. The molecule has 0 aromatic heterocycles. The van der Waals surface area contributed by atoms with Crippen molar-refractivity contribution in [1.82, 2.24) is 0 Å². The molecular weight excluding hydrogens is 391 g/mol. The molecule has 0 radical (unpaired) electrons. The molecule has 0 amide bonds. The first-order valence-corrected chi connectivity index (χ1v) is 9.67. The zero-order chi connectivity index (χ0) is 16.6. The first-order chi connectivity index (χ1) is 12.4. The number of allylic oxidation sites excluding steroid dienone is 1. The van der Waals surface area contributed by atoms with Crippen molar-refractivity contribution < 1.29 is 26.2 Å². The predicted octanol–water partition coefficient (Wildman–Crippen LogP) is 7.02. The van der Waals surface area contributed by atoms with Crippen molar-refractivity contribution >= 4 is 16.8 Å². The van der Waals surface area contributed by atoms with Gasteiger partial charge in [-0.25, -0.2) is 0 Å². The summed E-state index contributed by atoms with van der Waals surface area (Å²) in [6, 6.07) is 22.3. The van der Waals surface area contributed by atoms with Crippen molar-refractivity contribution in [2.45, 2.75) is 38.5 Å². The molecular formula is C25H24Zr. The summed E-state index contributed by atoms with van der Waals surface area (Å²) in [5.41, 5.74) is 7.36. The fourth-order valence-corrected chi connectivity index (χ4v) is 4.76. The molecule has 128 valence electrons. The van der Waals surface area contributed by atoms with Gasteiger partial charge in [0.15, 0.2) is 0 Å². The van der Waals surface area contributed by atoms with Gasteiger partial charge in [-0.2, -0.15) is 0 Å². The number of hydrogen-bond donors (Lipinski definition) is 0. The molecule has 0 unspecified atom stereocenters. The van der Waals surface area contributed by atoms with E-state index in [4.69, 9.17) is 0 Å². The van der Waals surface area contributed by atoms with Crippen LogP contribution in [0.25, 0.3) is 28.0 Å². The first-order valence-electron chi connectivity index (χ1n) is 9.67. The Morgan fingerprint density at radius 2 is 1.62 bits per heavy atom. The van der Waals surface area contributed by atoms with Gasteiger partial charge in [0, 0.05) is 26.2 Å². The molecule has 0 heterocycles. The average molecular weight is 416 g/mol. The van der Waals surface area contributed by atoms with E-state index < -0.39 is 0 Å². The molecule has 2 aliphatic carbocycles. The van der Waals surface area contributed by atoms with Gasteiger partial charge in [0.05, 0.1) is 0 Å². The smallest absolute Gasteiger partial charge is 0 e. The normalized spacial score (nSPS) is 16.4. The van der Waals surface area contributed by atoms with Gasteiger partial charge in [-0.1, -0.05) is 91.9 Å². The molecule has 1 heteroatoms. The van der Waals surface area contributed by atoms with Crippen LogP contribution in [0.5, 0.6) is 0 Å². The second-order valence-corrected chi connectivity index (χ2v) is 7.77. The maximum atomic E-state index is 2.50. The van der Waals surface area contributed by atoms with Crippen LogP contribution in [0.2, 0.25) is 0 Å². The van der Waals surface area contributed by atoms with E-state index in [-0.39, 0.29) is 26.2 Å². The first kappa shape index (κ1) is 17.9. The molecule has 26 heavy (non-hydrogen) atoms. The monoisotopic (exact) mass is 414 g/mol. The van der Waals surface area contributed by atoms with E-state index in [0.29, 0.717) is 0 Å². The molecule has 1 saturated carbocycles.